The van der Waals surface area contributed by atoms with Crippen molar-refractivity contribution in [2.24, 2.45) is 0 Å². The molecule has 100 valence electrons. The summed E-state index contributed by atoms with van der Waals surface area (Å²) in [4.78, 5) is 6.49. The highest BCUT2D eigenvalue weighted by Crippen LogP contribution is 2.25. The van der Waals surface area contributed by atoms with E-state index in [1.807, 2.05) is 6.07 Å². The van der Waals surface area contributed by atoms with Crippen LogP contribution in [0.25, 0.3) is 0 Å². The lowest BCUT2D eigenvalue weighted by atomic mass is 10.1. The standard InChI is InChI=1S/C15H18ClN3/c1-3-19(10-12-7-5-4-6-11(12)2)15-14(17)8-13(16)9-18-15/h4-9H,3,10,17H2,1-2H3. The summed E-state index contributed by atoms with van der Waals surface area (Å²) in [6.07, 6.45) is 1.63. The third-order valence-electron chi connectivity index (χ3n) is 3.17. The van der Waals surface area contributed by atoms with E-state index >= 15 is 0 Å². The lowest BCUT2D eigenvalue weighted by Gasteiger charge is -2.24. The fourth-order valence-corrected chi connectivity index (χ4v) is 2.21. The molecule has 1 aromatic heterocycles. The largest absolute Gasteiger partial charge is 0.396 e. The molecule has 0 radical (unpaired) electrons. The van der Waals surface area contributed by atoms with Crippen LogP contribution in [-0.2, 0) is 6.54 Å². The van der Waals surface area contributed by atoms with Crippen LogP contribution in [0.5, 0.6) is 0 Å². The number of nitrogens with zero attached hydrogens (tertiary/aromatic N) is 2. The quantitative estimate of drug-likeness (QED) is 0.926. The van der Waals surface area contributed by atoms with Gasteiger partial charge in [0, 0.05) is 19.3 Å². The number of anilines is 2. The molecule has 0 aliphatic heterocycles. The van der Waals surface area contributed by atoms with E-state index in [4.69, 9.17) is 17.3 Å². The van der Waals surface area contributed by atoms with Crippen LogP contribution in [-0.4, -0.2) is 11.5 Å². The molecule has 1 aromatic carbocycles. The summed E-state index contributed by atoms with van der Waals surface area (Å²) in [5.41, 5.74) is 9.16. The molecule has 0 atom stereocenters. The predicted octanol–water partition coefficient (Wildman–Crippen LogP) is 3.65. The van der Waals surface area contributed by atoms with Crippen molar-refractivity contribution < 1.29 is 0 Å². The molecule has 0 saturated carbocycles. The lowest BCUT2D eigenvalue weighted by Crippen LogP contribution is -2.24. The van der Waals surface area contributed by atoms with Crippen LogP contribution in [0.15, 0.2) is 36.5 Å². The first-order chi connectivity index (χ1) is 9.11. The van der Waals surface area contributed by atoms with Crippen molar-refractivity contribution in [2.75, 3.05) is 17.2 Å². The zero-order valence-electron chi connectivity index (χ0n) is 11.2. The Morgan fingerprint density at radius 3 is 2.68 bits per heavy atom. The number of pyridine rings is 1. The van der Waals surface area contributed by atoms with Gasteiger partial charge in [-0.3, -0.25) is 0 Å². The normalized spacial score (nSPS) is 10.5. The average molecular weight is 276 g/mol. The molecular weight excluding hydrogens is 258 g/mol. The molecule has 0 aliphatic rings. The maximum Gasteiger partial charge on any atom is 0.152 e. The van der Waals surface area contributed by atoms with Gasteiger partial charge in [0.05, 0.1) is 10.7 Å². The summed E-state index contributed by atoms with van der Waals surface area (Å²) in [7, 11) is 0. The molecule has 4 heteroatoms. The Hall–Kier alpha value is -1.74. The van der Waals surface area contributed by atoms with Gasteiger partial charge >= 0.3 is 0 Å². The van der Waals surface area contributed by atoms with Crippen molar-refractivity contribution in [1.29, 1.82) is 0 Å². The van der Waals surface area contributed by atoms with Crippen LogP contribution >= 0.6 is 11.6 Å². The Labute approximate surface area is 119 Å². The number of halogens is 1. The van der Waals surface area contributed by atoms with Gasteiger partial charge in [0.2, 0.25) is 0 Å². The SMILES string of the molecule is CCN(Cc1ccccc1C)c1ncc(Cl)cc1N. The highest BCUT2D eigenvalue weighted by atomic mass is 35.5. The lowest BCUT2D eigenvalue weighted by molar-refractivity contribution is 0.811. The first-order valence-corrected chi connectivity index (χ1v) is 6.70. The number of benzene rings is 1. The number of hydrogen-bond donors (Lipinski definition) is 1. The summed E-state index contributed by atoms with van der Waals surface area (Å²) in [5, 5.41) is 0.563. The molecule has 2 rings (SSSR count). The van der Waals surface area contributed by atoms with E-state index in [-0.39, 0.29) is 0 Å². The van der Waals surface area contributed by atoms with Crippen LogP contribution in [0.3, 0.4) is 0 Å². The Bertz CT molecular complexity index is 569. The summed E-state index contributed by atoms with van der Waals surface area (Å²) >= 11 is 5.89. The smallest absolute Gasteiger partial charge is 0.152 e. The van der Waals surface area contributed by atoms with E-state index in [1.54, 1.807) is 12.3 Å². The van der Waals surface area contributed by atoms with Gasteiger partial charge in [-0.1, -0.05) is 35.9 Å². The number of hydrogen-bond acceptors (Lipinski definition) is 3. The van der Waals surface area contributed by atoms with Crippen LogP contribution in [0.1, 0.15) is 18.1 Å². The molecule has 19 heavy (non-hydrogen) atoms. The van der Waals surface area contributed by atoms with Crippen molar-refractivity contribution in [3.63, 3.8) is 0 Å². The van der Waals surface area contributed by atoms with Crippen molar-refractivity contribution in [3.8, 4) is 0 Å². The zero-order chi connectivity index (χ0) is 13.8. The molecule has 0 bridgehead atoms. The first kappa shape index (κ1) is 13.7. The summed E-state index contributed by atoms with van der Waals surface area (Å²) in [6.45, 7) is 5.84. The fourth-order valence-electron chi connectivity index (χ4n) is 2.04. The van der Waals surface area contributed by atoms with Crippen LogP contribution in [0.2, 0.25) is 5.02 Å². The fraction of sp³-hybridized carbons (Fsp3) is 0.267. The summed E-state index contributed by atoms with van der Waals surface area (Å²) in [5.74, 6) is 0.787. The molecule has 0 unspecified atom stereocenters. The predicted molar refractivity (Wildman–Crippen MR) is 81.6 cm³/mol. The van der Waals surface area contributed by atoms with Crippen LogP contribution < -0.4 is 10.6 Å². The highest BCUT2D eigenvalue weighted by molar-refractivity contribution is 6.30. The van der Waals surface area contributed by atoms with E-state index < -0.39 is 0 Å². The Morgan fingerprint density at radius 2 is 2.05 bits per heavy atom. The Balaban J connectivity index is 2.28. The van der Waals surface area contributed by atoms with Gasteiger partial charge in [0.15, 0.2) is 5.82 Å². The third-order valence-corrected chi connectivity index (χ3v) is 3.37. The molecule has 1 heterocycles. The second kappa shape index (κ2) is 5.93. The van der Waals surface area contributed by atoms with Gasteiger partial charge in [-0.05, 0) is 31.0 Å². The maximum absolute atomic E-state index is 6.00. The molecule has 2 N–H and O–H groups in total. The van der Waals surface area contributed by atoms with Gasteiger partial charge in [-0.15, -0.1) is 0 Å². The minimum Gasteiger partial charge on any atom is -0.396 e. The molecule has 2 aromatic rings. The minimum atomic E-state index is 0.563. The van der Waals surface area contributed by atoms with Gasteiger partial charge in [0.1, 0.15) is 0 Å². The zero-order valence-corrected chi connectivity index (χ0v) is 12.0. The topological polar surface area (TPSA) is 42.2 Å². The Morgan fingerprint density at radius 1 is 1.32 bits per heavy atom. The van der Waals surface area contributed by atoms with Gasteiger partial charge < -0.3 is 10.6 Å². The van der Waals surface area contributed by atoms with Crippen LogP contribution in [0, 0.1) is 6.92 Å². The van der Waals surface area contributed by atoms with E-state index in [1.165, 1.54) is 11.1 Å². The average Bonchev–Trinajstić information content (AvgIpc) is 2.39. The maximum atomic E-state index is 6.00. The van der Waals surface area contributed by atoms with Gasteiger partial charge in [0.25, 0.3) is 0 Å². The number of nitrogen functional groups attached to an aromatic ring is 1. The molecule has 0 fully saturated rings. The van der Waals surface area contributed by atoms with Gasteiger partial charge in [-0.2, -0.15) is 0 Å². The third kappa shape index (κ3) is 3.18. The van der Waals surface area contributed by atoms with Crippen LogP contribution in [0.4, 0.5) is 11.5 Å². The second-order valence-corrected chi connectivity index (χ2v) is 4.94. The van der Waals surface area contributed by atoms with E-state index in [0.29, 0.717) is 10.7 Å². The van der Waals surface area contributed by atoms with E-state index in [9.17, 15) is 0 Å². The minimum absolute atomic E-state index is 0.563. The summed E-state index contributed by atoms with van der Waals surface area (Å²) < 4.78 is 0. The van der Waals surface area contributed by atoms with Crippen molar-refractivity contribution in [2.45, 2.75) is 20.4 Å². The number of aryl methyl sites for hydroxylation is 1. The number of nitrogens with two attached hydrogens (primary N) is 1. The van der Waals surface area contributed by atoms with E-state index in [0.717, 1.165) is 18.9 Å². The number of rotatable bonds is 4. The molecule has 3 nitrogen and oxygen atoms in total. The van der Waals surface area contributed by atoms with Crippen molar-refractivity contribution >= 4 is 23.1 Å². The highest BCUT2D eigenvalue weighted by Gasteiger charge is 2.11. The molecule has 0 aliphatic carbocycles. The first-order valence-electron chi connectivity index (χ1n) is 6.32. The van der Waals surface area contributed by atoms with E-state index in [2.05, 4.69) is 41.9 Å². The molecule has 0 amide bonds. The summed E-state index contributed by atoms with van der Waals surface area (Å²) in [6, 6.07) is 10.1. The van der Waals surface area contributed by atoms with Crippen molar-refractivity contribution in [3.05, 3.63) is 52.7 Å². The van der Waals surface area contributed by atoms with Crippen molar-refractivity contribution in [1.82, 2.24) is 4.98 Å². The molecular formula is C15H18ClN3. The second-order valence-electron chi connectivity index (χ2n) is 4.51. The molecule has 0 spiro atoms. The number of aromatic nitrogens is 1. The van der Waals surface area contributed by atoms with Gasteiger partial charge in [-0.25, -0.2) is 4.98 Å². The molecule has 0 saturated heterocycles. The Kier molecular flexibility index (Phi) is 4.27. The monoisotopic (exact) mass is 275 g/mol.